The van der Waals surface area contributed by atoms with E-state index in [2.05, 4.69) is 29.6 Å². The number of rotatable bonds is 7. The van der Waals surface area contributed by atoms with E-state index >= 15 is 0 Å². The van der Waals surface area contributed by atoms with Gasteiger partial charge in [-0.3, -0.25) is 9.67 Å². The summed E-state index contributed by atoms with van der Waals surface area (Å²) in [5.74, 6) is 2.64. The molecule has 1 aromatic rings. The van der Waals surface area contributed by atoms with Crippen LogP contribution in [0.1, 0.15) is 46.0 Å². The molecule has 0 unspecified atom stereocenters. The smallest absolute Gasteiger partial charge is 0.191 e. The molecule has 0 atom stereocenters. The van der Waals surface area contributed by atoms with Gasteiger partial charge >= 0.3 is 0 Å². The zero-order valence-electron chi connectivity index (χ0n) is 14.1. The predicted molar refractivity (Wildman–Crippen MR) is 91.9 cm³/mol. The lowest BCUT2D eigenvalue weighted by Crippen LogP contribution is -2.38. The summed E-state index contributed by atoms with van der Waals surface area (Å²) in [7, 11) is 0. The van der Waals surface area contributed by atoms with Gasteiger partial charge in [0.25, 0.3) is 0 Å². The molecule has 0 spiro atoms. The number of nitrogens with zero attached hydrogens (tertiary/aromatic N) is 3. The number of hydrogen-bond acceptors (Lipinski definition) is 2. The Morgan fingerprint density at radius 3 is 2.77 bits per heavy atom. The van der Waals surface area contributed by atoms with E-state index in [1.807, 2.05) is 23.1 Å². The van der Waals surface area contributed by atoms with Gasteiger partial charge in [-0.1, -0.05) is 19.8 Å². The minimum Gasteiger partial charge on any atom is -0.357 e. The van der Waals surface area contributed by atoms with Gasteiger partial charge in [-0.15, -0.1) is 0 Å². The molecule has 0 radical (unpaired) electrons. The van der Waals surface area contributed by atoms with Crippen molar-refractivity contribution in [2.24, 2.45) is 16.8 Å². The Bertz CT molecular complexity index is 418. The summed E-state index contributed by atoms with van der Waals surface area (Å²) in [5.41, 5.74) is 0. The number of aromatic nitrogens is 2. The zero-order valence-corrected chi connectivity index (χ0v) is 14.1. The van der Waals surface area contributed by atoms with Crippen LogP contribution < -0.4 is 10.6 Å². The lowest BCUT2D eigenvalue weighted by molar-refractivity contribution is 0.296. The maximum atomic E-state index is 4.77. The molecule has 2 N–H and O–H groups in total. The first-order valence-electron chi connectivity index (χ1n) is 8.77. The van der Waals surface area contributed by atoms with Gasteiger partial charge in [0.1, 0.15) is 0 Å². The van der Waals surface area contributed by atoms with E-state index in [1.54, 1.807) is 0 Å². The van der Waals surface area contributed by atoms with E-state index in [-0.39, 0.29) is 0 Å². The molecule has 5 heteroatoms. The molecule has 1 heterocycles. The average molecular weight is 305 g/mol. The molecule has 0 aliphatic heterocycles. The first kappa shape index (κ1) is 16.8. The quantitative estimate of drug-likeness (QED) is 0.462. The van der Waals surface area contributed by atoms with Gasteiger partial charge in [0.05, 0.1) is 0 Å². The Morgan fingerprint density at radius 1 is 1.27 bits per heavy atom. The van der Waals surface area contributed by atoms with Crippen molar-refractivity contribution in [1.82, 2.24) is 20.4 Å². The fourth-order valence-corrected chi connectivity index (χ4v) is 2.95. The van der Waals surface area contributed by atoms with Crippen LogP contribution in [-0.2, 0) is 6.54 Å². The minimum atomic E-state index is 0.774. The Labute approximate surface area is 134 Å². The normalized spacial score (nSPS) is 22.5. The largest absolute Gasteiger partial charge is 0.357 e. The van der Waals surface area contributed by atoms with Crippen LogP contribution in [0.2, 0.25) is 0 Å². The van der Waals surface area contributed by atoms with E-state index in [0.717, 1.165) is 50.4 Å². The fraction of sp³-hybridized carbons (Fsp3) is 0.765. The Kier molecular flexibility index (Phi) is 7.26. The van der Waals surface area contributed by atoms with Gasteiger partial charge in [0.15, 0.2) is 5.96 Å². The molecule has 1 aliphatic carbocycles. The molecule has 0 aromatic carbocycles. The number of hydrogen-bond donors (Lipinski definition) is 2. The zero-order chi connectivity index (χ0) is 15.6. The summed E-state index contributed by atoms with van der Waals surface area (Å²) in [6.07, 6.45) is 10.3. The second-order valence-corrected chi connectivity index (χ2v) is 6.39. The highest BCUT2D eigenvalue weighted by Crippen LogP contribution is 2.28. The SMILES string of the molecule is CCNC(=NCC1CCC(C)CC1)NCCCn1cccn1. The lowest BCUT2D eigenvalue weighted by Gasteiger charge is -2.25. The van der Waals surface area contributed by atoms with Crippen LogP contribution in [0.25, 0.3) is 0 Å². The van der Waals surface area contributed by atoms with E-state index in [9.17, 15) is 0 Å². The van der Waals surface area contributed by atoms with Crippen LogP contribution in [-0.4, -0.2) is 35.4 Å². The van der Waals surface area contributed by atoms with Crippen LogP contribution >= 0.6 is 0 Å². The maximum absolute atomic E-state index is 4.77. The summed E-state index contributed by atoms with van der Waals surface area (Å²) in [6, 6.07) is 1.96. The first-order chi connectivity index (χ1) is 10.8. The molecule has 1 aliphatic rings. The molecule has 1 aromatic heterocycles. The Balaban J connectivity index is 1.67. The summed E-state index contributed by atoms with van der Waals surface area (Å²) < 4.78 is 1.97. The molecule has 0 amide bonds. The summed E-state index contributed by atoms with van der Waals surface area (Å²) in [4.78, 5) is 4.77. The topological polar surface area (TPSA) is 54.2 Å². The number of guanidine groups is 1. The van der Waals surface area contributed by atoms with Crippen LogP contribution in [0.4, 0.5) is 0 Å². The minimum absolute atomic E-state index is 0.774. The maximum Gasteiger partial charge on any atom is 0.191 e. The molecule has 0 saturated heterocycles. The van der Waals surface area contributed by atoms with Crippen LogP contribution in [0.3, 0.4) is 0 Å². The molecule has 1 fully saturated rings. The molecule has 2 rings (SSSR count). The lowest BCUT2D eigenvalue weighted by atomic mass is 9.83. The van der Waals surface area contributed by atoms with Gasteiger partial charge in [0, 0.05) is 38.6 Å². The molecule has 0 bridgehead atoms. The van der Waals surface area contributed by atoms with Gasteiger partial charge in [0.2, 0.25) is 0 Å². The van der Waals surface area contributed by atoms with Gasteiger partial charge in [-0.2, -0.15) is 5.10 Å². The summed E-state index contributed by atoms with van der Waals surface area (Å²) >= 11 is 0. The molecule has 1 saturated carbocycles. The van der Waals surface area contributed by atoms with Crippen molar-refractivity contribution in [1.29, 1.82) is 0 Å². The van der Waals surface area contributed by atoms with Gasteiger partial charge in [-0.25, -0.2) is 0 Å². The first-order valence-corrected chi connectivity index (χ1v) is 8.77. The fourth-order valence-electron chi connectivity index (χ4n) is 2.95. The van der Waals surface area contributed by atoms with Crippen molar-refractivity contribution in [3.63, 3.8) is 0 Å². The number of aryl methyl sites for hydroxylation is 1. The van der Waals surface area contributed by atoms with Gasteiger partial charge in [-0.05, 0) is 44.1 Å². The van der Waals surface area contributed by atoms with Crippen LogP contribution in [0.15, 0.2) is 23.5 Å². The third-order valence-corrected chi connectivity index (χ3v) is 4.40. The number of nitrogens with one attached hydrogen (secondary N) is 2. The highest BCUT2D eigenvalue weighted by atomic mass is 15.3. The Hall–Kier alpha value is -1.52. The molecule has 22 heavy (non-hydrogen) atoms. The van der Waals surface area contributed by atoms with Crippen molar-refractivity contribution in [3.05, 3.63) is 18.5 Å². The van der Waals surface area contributed by atoms with Crippen LogP contribution in [0.5, 0.6) is 0 Å². The van der Waals surface area contributed by atoms with E-state index < -0.39 is 0 Å². The average Bonchev–Trinajstić information content (AvgIpc) is 3.04. The second-order valence-electron chi connectivity index (χ2n) is 6.39. The monoisotopic (exact) mass is 305 g/mol. The summed E-state index contributed by atoms with van der Waals surface area (Å²) in [5, 5.41) is 11.0. The van der Waals surface area contributed by atoms with E-state index in [4.69, 9.17) is 4.99 Å². The second kappa shape index (κ2) is 9.49. The molecule has 124 valence electrons. The third kappa shape index (κ3) is 6.08. The predicted octanol–water partition coefficient (Wildman–Crippen LogP) is 2.65. The molecular formula is C17H31N5. The van der Waals surface area contributed by atoms with E-state index in [0.29, 0.717) is 0 Å². The highest BCUT2D eigenvalue weighted by molar-refractivity contribution is 5.79. The van der Waals surface area contributed by atoms with Crippen molar-refractivity contribution < 1.29 is 0 Å². The third-order valence-electron chi connectivity index (χ3n) is 4.40. The van der Waals surface area contributed by atoms with Crippen LogP contribution in [0, 0.1) is 11.8 Å². The standard InChI is InChI=1S/C17H31N5/c1-3-18-17(19-10-4-12-22-13-5-11-21-22)20-14-16-8-6-15(2)7-9-16/h5,11,13,15-16H,3-4,6-10,12,14H2,1-2H3,(H2,18,19,20). The van der Waals surface area contributed by atoms with Crippen molar-refractivity contribution in [3.8, 4) is 0 Å². The highest BCUT2D eigenvalue weighted by Gasteiger charge is 2.17. The molecular weight excluding hydrogens is 274 g/mol. The van der Waals surface area contributed by atoms with Crippen molar-refractivity contribution in [2.45, 2.75) is 52.5 Å². The number of aliphatic imine (C=N–C) groups is 1. The van der Waals surface area contributed by atoms with Crippen molar-refractivity contribution >= 4 is 5.96 Å². The summed E-state index contributed by atoms with van der Waals surface area (Å²) in [6.45, 7) is 8.22. The Morgan fingerprint density at radius 2 is 2.09 bits per heavy atom. The van der Waals surface area contributed by atoms with Gasteiger partial charge < -0.3 is 10.6 Å². The molecule has 5 nitrogen and oxygen atoms in total. The van der Waals surface area contributed by atoms with E-state index in [1.165, 1.54) is 25.7 Å². The van der Waals surface area contributed by atoms with Crippen molar-refractivity contribution in [2.75, 3.05) is 19.6 Å².